The molecule has 21 heavy (non-hydrogen) atoms. The predicted octanol–water partition coefficient (Wildman–Crippen LogP) is 2.05. The number of ether oxygens (including phenoxy) is 2. The van der Waals surface area contributed by atoms with Gasteiger partial charge in [-0.2, -0.15) is 0 Å². The molecule has 1 saturated heterocycles. The van der Waals surface area contributed by atoms with Crippen molar-refractivity contribution in [3.05, 3.63) is 35.9 Å². The fourth-order valence-corrected chi connectivity index (χ4v) is 2.22. The predicted molar refractivity (Wildman–Crippen MR) is 73.2 cm³/mol. The Morgan fingerprint density at radius 1 is 1.29 bits per heavy atom. The summed E-state index contributed by atoms with van der Waals surface area (Å²) in [5.41, 5.74) is 0.852. The van der Waals surface area contributed by atoms with Gasteiger partial charge in [0.2, 0.25) is 5.91 Å². The van der Waals surface area contributed by atoms with E-state index in [-0.39, 0.29) is 31.3 Å². The molecule has 0 aromatic heterocycles. The molecule has 1 atom stereocenters. The maximum atomic E-state index is 12.2. The van der Waals surface area contributed by atoms with Gasteiger partial charge >= 0.3 is 12.1 Å². The highest BCUT2D eigenvalue weighted by atomic mass is 16.6. The third-order valence-corrected chi connectivity index (χ3v) is 3.33. The molecule has 1 aromatic rings. The first kappa shape index (κ1) is 15.0. The van der Waals surface area contributed by atoms with Gasteiger partial charge in [-0.05, 0) is 12.0 Å². The van der Waals surface area contributed by atoms with E-state index in [0.717, 1.165) is 10.5 Å². The number of carbonyl (C=O) groups excluding carboxylic acids is 3. The van der Waals surface area contributed by atoms with Gasteiger partial charge in [-0.15, -0.1) is 0 Å². The Morgan fingerprint density at radius 2 is 2.00 bits per heavy atom. The van der Waals surface area contributed by atoms with Crippen LogP contribution in [0.5, 0.6) is 0 Å². The number of hydrogen-bond acceptors (Lipinski definition) is 5. The van der Waals surface area contributed by atoms with Crippen molar-refractivity contribution in [1.29, 1.82) is 0 Å². The lowest BCUT2D eigenvalue weighted by molar-refractivity contribution is -0.140. The van der Waals surface area contributed by atoms with E-state index in [1.165, 1.54) is 7.11 Å². The molecular weight excluding hydrogens is 274 g/mol. The lowest BCUT2D eigenvalue weighted by Gasteiger charge is -2.19. The van der Waals surface area contributed by atoms with Crippen LogP contribution >= 0.6 is 0 Å². The van der Waals surface area contributed by atoms with Crippen molar-refractivity contribution in [3.8, 4) is 0 Å². The Morgan fingerprint density at radius 3 is 2.67 bits per heavy atom. The molecule has 0 spiro atoms. The number of cyclic esters (lactones) is 1. The SMILES string of the molecule is COC(=O)CCCC(=O)N1C(=O)OC[C@@H]1c1ccccc1. The maximum absolute atomic E-state index is 12.2. The quantitative estimate of drug-likeness (QED) is 0.776. The van der Waals surface area contributed by atoms with Crippen molar-refractivity contribution in [1.82, 2.24) is 4.90 Å². The third-order valence-electron chi connectivity index (χ3n) is 3.33. The van der Waals surface area contributed by atoms with Gasteiger partial charge in [0.15, 0.2) is 0 Å². The molecule has 1 aliphatic rings. The number of methoxy groups -OCH3 is 1. The number of rotatable bonds is 5. The van der Waals surface area contributed by atoms with Gasteiger partial charge in [0.25, 0.3) is 0 Å². The number of carbonyl (C=O) groups is 3. The third kappa shape index (κ3) is 3.59. The van der Waals surface area contributed by atoms with Gasteiger partial charge < -0.3 is 9.47 Å². The second-order valence-corrected chi connectivity index (χ2v) is 4.70. The number of benzene rings is 1. The number of esters is 1. The molecule has 2 rings (SSSR count). The van der Waals surface area contributed by atoms with Crippen molar-refractivity contribution in [2.24, 2.45) is 0 Å². The molecule has 1 aliphatic heterocycles. The molecule has 6 heteroatoms. The van der Waals surface area contributed by atoms with Crippen molar-refractivity contribution in [3.63, 3.8) is 0 Å². The minimum Gasteiger partial charge on any atom is -0.469 e. The van der Waals surface area contributed by atoms with Crippen LogP contribution in [0.3, 0.4) is 0 Å². The van der Waals surface area contributed by atoms with Crippen LogP contribution < -0.4 is 0 Å². The molecule has 0 unspecified atom stereocenters. The molecule has 0 bridgehead atoms. The molecule has 2 amide bonds. The number of hydrogen-bond donors (Lipinski definition) is 0. The maximum Gasteiger partial charge on any atom is 0.417 e. The first-order chi connectivity index (χ1) is 10.1. The summed E-state index contributed by atoms with van der Waals surface area (Å²) in [5, 5.41) is 0. The van der Waals surface area contributed by atoms with Crippen molar-refractivity contribution in [2.75, 3.05) is 13.7 Å². The normalized spacial score (nSPS) is 17.5. The van der Waals surface area contributed by atoms with Crippen LogP contribution in [0.1, 0.15) is 30.9 Å². The van der Waals surface area contributed by atoms with Crippen LogP contribution in [-0.2, 0) is 19.1 Å². The monoisotopic (exact) mass is 291 g/mol. The summed E-state index contributed by atoms with van der Waals surface area (Å²) in [6.45, 7) is 0.158. The average Bonchev–Trinajstić information content (AvgIpc) is 2.89. The van der Waals surface area contributed by atoms with Gasteiger partial charge in [0.05, 0.1) is 7.11 Å². The second-order valence-electron chi connectivity index (χ2n) is 4.70. The Bertz CT molecular complexity index is 528. The van der Waals surface area contributed by atoms with E-state index < -0.39 is 12.1 Å². The van der Waals surface area contributed by atoms with Crippen molar-refractivity contribution in [2.45, 2.75) is 25.3 Å². The Labute approximate surface area is 122 Å². The minimum absolute atomic E-state index is 0.105. The van der Waals surface area contributed by atoms with E-state index in [2.05, 4.69) is 4.74 Å². The van der Waals surface area contributed by atoms with E-state index in [4.69, 9.17) is 4.74 Å². The summed E-state index contributed by atoms with van der Waals surface area (Å²) < 4.78 is 9.49. The Balaban J connectivity index is 2.00. The molecule has 0 N–H and O–H groups in total. The standard InChI is InChI=1S/C15H17NO5/c1-20-14(18)9-5-8-13(17)16-12(10-21-15(16)19)11-6-3-2-4-7-11/h2-4,6-7,12H,5,8-10H2,1H3/t12-/m1/s1. The summed E-state index contributed by atoms with van der Waals surface area (Å²) in [5.74, 6) is -0.707. The van der Waals surface area contributed by atoms with Crippen LogP contribution in [-0.4, -0.2) is 36.6 Å². The second kappa shape index (κ2) is 6.88. The Kier molecular flexibility index (Phi) is 4.92. The summed E-state index contributed by atoms with van der Waals surface area (Å²) in [7, 11) is 1.30. The zero-order valence-corrected chi connectivity index (χ0v) is 11.8. The highest BCUT2D eigenvalue weighted by Gasteiger charge is 2.38. The zero-order chi connectivity index (χ0) is 15.2. The Hall–Kier alpha value is -2.37. The number of imide groups is 1. The molecular formula is C15H17NO5. The van der Waals surface area contributed by atoms with E-state index in [1.807, 2.05) is 30.3 Å². The minimum atomic E-state index is -0.632. The topological polar surface area (TPSA) is 72.9 Å². The smallest absolute Gasteiger partial charge is 0.417 e. The van der Waals surface area contributed by atoms with E-state index in [9.17, 15) is 14.4 Å². The first-order valence-corrected chi connectivity index (χ1v) is 6.74. The van der Waals surface area contributed by atoms with E-state index in [0.29, 0.717) is 6.42 Å². The average molecular weight is 291 g/mol. The highest BCUT2D eigenvalue weighted by Crippen LogP contribution is 2.28. The van der Waals surface area contributed by atoms with Gasteiger partial charge in [-0.3, -0.25) is 9.59 Å². The molecule has 112 valence electrons. The van der Waals surface area contributed by atoms with Crippen LogP contribution in [0.4, 0.5) is 4.79 Å². The molecule has 6 nitrogen and oxygen atoms in total. The zero-order valence-electron chi connectivity index (χ0n) is 11.8. The summed E-state index contributed by atoms with van der Waals surface area (Å²) in [6, 6.07) is 8.85. The van der Waals surface area contributed by atoms with Crippen molar-refractivity contribution < 1.29 is 23.9 Å². The molecule has 1 aromatic carbocycles. The van der Waals surface area contributed by atoms with Gasteiger partial charge in [-0.25, -0.2) is 9.69 Å². The summed E-state index contributed by atoms with van der Waals surface area (Å²) >= 11 is 0. The number of amides is 2. The van der Waals surface area contributed by atoms with Gasteiger partial charge in [-0.1, -0.05) is 30.3 Å². The van der Waals surface area contributed by atoms with E-state index in [1.54, 1.807) is 0 Å². The fraction of sp³-hybridized carbons (Fsp3) is 0.400. The van der Waals surface area contributed by atoms with E-state index >= 15 is 0 Å². The summed E-state index contributed by atoms with van der Waals surface area (Å²) in [6.07, 6.45) is -0.0298. The van der Waals surface area contributed by atoms with Crippen LogP contribution in [0, 0.1) is 0 Å². The molecule has 0 radical (unpaired) electrons. The first-order valence-electron chi connectivity index (χ1n) is 6.74. The number of nitrogens with zero attached hydrogens (tertiary/aromatic N) is 1. The van der Waals surface area contributed by atoms with Crippen LogP contribution in [0.15, 0.2) is 30.3 Å². The fourth-order valence-electron chi connectivity index (χ4n) is 2.22. The highest BCUT2D eigenvalue weighted by molar-refractivity contribution is 5.93. The molecule has 1 fully saturated rings. The van der Waals surface area contributed by atoms with Gasteiger partial charge in [0, 0.05) is 12.8 Å². The molecule has 0 saturated carbocycles. The lowest BCUT2D eigenvalue weighted by Crippen LogP contribution is -2.34. The summed E-state index contributed by atoms with van der Waals surface area (Å²) in [4.78, 5) is 36.1. The van der Waals surface area contributed by atoms with Gasteiger partial charge in [0.1, 0.15) is 12.6 Å². The van der Waals surface area contributed by atoms with Crippen LogP contribution in [0.2, 0.25) is 0 Å². The van der Waals surface area contributed by atoms with Crippen LogP contribution in [0.25, 0.3) is 0 Å². The van der Waals surface area contributed by atoms with Crippen molar-refractivity contribution >= 4 is 18.0 Å². The molecule has 0 aliphatic carbocycles. The molecule has 1 heterocycles. The lowest BCUT2D eigenvalue weighted by atomic mass is 10.1. The largest absolute Gasteiger partial charge is 0.469 e.